The Labute approximate surface area is 110 Å². The van der Waals surface area contributed by atoms with Gasteiger partial charge in [0.05, 0.1) is 12.2 Å². The van der Waals surface area contributed by atoms with Gasteiger partial charge in [0.1, 0.15) is 0 Å². The minimum Gasteiger partial charge on any atom is -0.374 e. The van der Waals surface area contributed by atoms with Gasteiger partial charge < -0.3 is 4.74 Å². The quantitative estimate of drug-likeness (QED) is 0.604. The molecule has 1 nitrogen and oxygen atoms in total. The molecule has 2 saturated carbocycles. The maximum Gasteiger partial charge on any atom is 0.0615 e. The van der Waals surface area contributed by atoms with E-state index in [1.54, 1.807) is 0 Å². The Bertz CT molecular complexity index is 170. The molecule has 0 radical (unpaired) electrons. The molecule has 0 aromatic heterocycles. The summed E-state index contributed by atoms with van der Waals surface area (Å²) in [6, 6.07) is 0. The Kier molecular flexibility index (Phi) is 4.97. The molecule has 0 aliphatic heterocycles. The van der Waals surface area contributed by atoms with E-state index in [1.807, 2.05) is 0 Å². The first-order valence-electron chi connectivity index (χ1n) is 6.12. The van der Waals surface area contributed by atoms with Crippen LogP contribution in [-0.4, -0.2) is 22.9 Å². The molecule has 88 valence electrons. The number of ether oxygens (including phenoxy) is 1. The Hall–Kier alpha value is 0.920. The van der Waals surface area contributed by atoms with Crippen molar-refractivity contribution in [2.24, 2.45) is 11.8 Å². The van der Waals surface area contributed by atoms with Crippen molar-refractivity contribution in [3.8, 4) is 0 Å². The van der Waals surface area contributed by atoms with Gasteiger partial charge in [0, 0.05) is 10.7 Å². The summed E-state index contributed by atoms with van der Waals surface area (Å²) in [4.78, 5) is 0. The summed E-state index contributed by atoms with van der Waals surface area (Å²) in [5.74, 6) is 1.75. The summed E-state index contributed by atoms with van der Waals surface area (Å²) in [7, 11) is 0. The van der Waals surface area contributed by atoms with Crippen molar-refractivity contribution in [1.82, 2.24) is 0 Å². The Morgan fingerprint density at radius 3 is 1.53 bits per heavy atom. The zero-order valence-electron chi connectivity index (χ0n) is 9.13. The van der Waals surface area contributed by atoms with Crippen molar-refractivity contribution in [3.05, 3.63) is 0 Å². The highest BCUT2D eigenvalue weighted by Gasteiger charge is 2.37. The summed E-state index contributed by atoms with van der Waals surface area (Å²) in [6.07, 6.45) is 9.02. The van der Waals surface area contributed by atoms with Crippen LogP contribution in [-0.2, 0) is 4.74 Å². The lowest BCUT2D eigenvalue weighted by Crippen LogP contribution is -2.26. The van der Waals surface area contributed by atoms with E-state index in [-0.39, 0.29) is 0 Å². The Morgan fingerprint density at radius 1 is 0.867 bits per heavy atom. The van der Waals surface area contributed by atoms with Crippen LogP contribution in [0.25, 0.3) is 0 Å². The third kappa shape index (κ3) is 4.01. The second kappa shape index (κ2) is 6.02. The lowest BCUT2D eigenvalue weighted by Gasteiger charge is -2.24. The van der Waals surface area contributed by atoms with Crippen molar-refractivity contribution >= 4 is 31.9 Å². The second-order valence-electron chi connectivity index (χ2n) is 4.84. The SMILES string of the molecule is BrCCC(OC(CCBr)C1CC1)C1CC1. The van der Waals surface area contributed by atoms with Crippen LogP contribution < -0.4 is 0 Å². The lowest BCUT2D eigenvalue weighted by atomic mass is 10.1. The molecule has 0 amide bonds. The molecule has 2 fully saturated rings. The average molecular weight is 340 g/mol. The molecule has 0 N–H and O–H groups in total. The summed E-state index contributed by atoms with van der Waals surface area (Å²) in [6.45, 7) is 0. The normalized spacial score (nSPS) is 25.2. The second-order valence-corrected chi connectivity index (χ2v) is 6.43. The zero-order valence-corrected chi connectivity index (χ0v) is 12.3. The van der Waals surface area contributed by atoms with Gasteiger partial charge in [-0.2, -0.15) is 0 Å². The van der Waals surface area contributed by atoms with Crippen LogP contribution in [0.3, 0.4) is 0 Å². The monoisotopic (exact) mass is 338 g/mol. The van der Waals surface area contributed by atoms with Crippen LogP contribution in [0.5, 0.6) is 0 Å². The topological polar surface area (TPSA) is 9.23 Å². The molecule has 0 bridgehead atoms. The van der Waals surface area contributed by atoms with E-state index in [0.29, 0.717) is 12.2 Å². The number of rotatable bonds is 8. The molecule has 2 aliphatic carbocycles. The van der Waals surface area contributed by atoms with E-state index in [9.17, 15) is 0 Å². The molecule has 0 aromatic rings. The van der Waals surface area contributed by atoms with Gasteiger partial charge in [0.2, 0.25) is 0 Å². The summed E-state index contributed by atoms with van der Waals surface area (Å²) in [5, 5.41) is 2.17. The van der Waals surface area contributed by atoms with Gasteiger partial charge in [0.25, 0.3) is 0 Å². The minimum atomic E-state index is 0.536. The molecule has 15 heavy (non-hydrogen) atoms. The first kappa shape index (κ1) is 12.4. The molecular weight excluding hydrogens is 320 g/mol. The van der Waals surface area contributed by atoms with E-state index in [2.05, 4.69) is 31.9 Å². The highest BCUT2D eigenvalue weighted by Crippen LogP contribution is 2.41. The van der Waals surface area contributed by atoms with E-state index in [4.69, 9.17) is 4.74 Å². The molecule has 0 heterocycles. The summed E-state index contributed by atoms with van der Waals surface area (Å²) in [5.41, 5.74) is 0. The van der Waals surface area contributed by atoms with Crippen LogP contribution >= 0.6 is 31.9 Å². The maximum atomic E-state index is 6.32. The number of hydrogen-bond acceptors (Lipinski definition) is 1. The van der Waals surface area contributed by atoms with Crippen molar-refractivity contribution in [2.75, 3.05) is 10.7 Å². The molecule has 2 aliphatic rings. The lowest BCUT2D eigenvalue weighted by molar-refractivity contribution is -0.0363. The summed E-state index contributed by atoms with van der Waals surface area (Å²) >= 11 is 7.08. The van der Waals surface area contributed by atoms with Gasteiger partial charge in [-0.25, -0.2) is 0 Å². The van der Waals surface area contributed by atoms with Crippen LogP contribution in [0.1, 0.15) is 38.5 Å². The average Bonchev–Trinajstić information content (AvgIpc) is 3.05. The fraction of sp³-hybridized carbons (Fsp3) is 1.00. The molecule has 2 rings (SSSR count). The van der Waals surface area contributed by atoms with Crippen molar-refractivity contribution in [2.45, 2.75) is 50.7 Å². The van der Waals surface area contributed by atoms with E-state index < -0.39 is 0 Å². The molecule has 2 unspecified atom stereocenters. The Morgan fingerprint density at radius 2 is 1.27 bits per heavy atom. The van der Waals surface area contributed by atoms with Crippen LogP contribution in [0.4, 0.5) is 0 Å². The van der Waals surface area contributed by atoms with Crippen LogP contribution in [0, 0.1) is 11.8 Å². The standard InChI is InChI=1S/C12H20Br2O/c13-7-5-11(9-1-2-9)15-12(6-8-14)10-3-4-10/h9-12H,1-8H2. The third-order valence-corrected chi connectivity index (χ3v) is 4.35. The fourth-order valence-corrected chi connectivity index (χ4v) is 3.11. The van der Waals surface area contributed by atoms with Crippen molar-refractivity contribution < 1.29 is 4.74 Å². The van der Waals surface area contributed by atoms with Crippen molar-refractivity contribution in [1.29, 1.82) is 0 Å². The molecule has 0 saturated heterocycles. The predicted molar refractivity (Wildman–Crippen MR) is 70.9 cm³/mol. The molecule has 2 atom stereocenters. The van der Waals surface area contributed by atoms with Gasteiger partial charge in [-0.05, 0) is 50.4 Å². The predicted octanol–water partition coefficient (Wildman–Crippen LogP) is 4.13. The van der Waals surface area contributed by atoms with Crippen LogP contribution in [0.2, 0.25) is 0 Å². The first-order chi connectivity index (χ1) is 7.35. The van der Waals surface area contributed by atoms with Crippen LogP contribution in [0.15, 0.2) is 0 Å². The Balaban J connectivity index is 1.78. The number of halogens is 2. The van der Waals surface area contributed by atoms with Gasteiger partial charge in [-0.15, -0.1) is 0 Å². The van der Waals surface area contributed by atoms with Gasteiger partial charge in [0.15, 0.2) is 0 Å². The molecule has 0 aromatic carbocycles. The van der Waals surface area contributed by atoms with E-state index in [0.717, 1.165) is 22.5 Å². The molecule has 0 spiro atoms. The van der Waals surface area contributed by atoms with Gasteiger partial charge >= 0.3 is 0 Å². The fourth-order valence-electron chi connectivity index (χ4n) is 2.21. The van der Waals surface area contributed by atoms with E-state index >= 15 is 0 Å². The van der Waals surface area contributed by atoms with Gasteiger partial charge in [-0.3, -0.25) is 0 Å². The molecule has 3 heteroatoms. The molecular formula is C12H20Br2O. The van der Waals surface area contributed by atoms with Gasteiger partial charge in [-0.1, -0.05) is 31.9 Å². The van der Waals surface area contributed by atoms with Crippen molar-refractivity contribution in [3.63, 3.8) is 0 Å². The highest BCUT2D eigenvalue weighted by molar-refractivity contribution is 9.09. The number of alkyl halides is 2. The minimum absolute atomic E-state index is 0.536. The third-order valence-electron chi connectivity index (χ3n) is 3.43. The highest BCUT2D eigenvalue weighted by atomic mass is 79.9. The number of hydrogen-bond donors (Lipinski definition) is 0. The largest absolute Gasteiger partial charge is 0.374 e. The summed E-state index contributed by atoms with van der Waals surface area (Å²) < 4.78 is 6.32. The van der Waals surface area contributed by atoms with E-state index in [1.165, 1.54) is 38.5 Å². The first-order valence-corrected chi connectivity index (χ1v) is 8.37. The maximum absolute atomic E-state index is 6.32. The zero-order chi connectivity index (χ0) is 10.7. The smallest absolute Gasteiger partial charge is 0.0615 e.